The number of hydrogen-bond acceptors (Lipinski definition) is 6. The lowest BCUT2D eigenvalue weighted by Gasteiger charge is -2.18. The zero-order valence-corrected chi connectivity index (χ0v) is 15.3. The third-order valence-corrected chi connectivity index (χ3v) is 4.15. The Hall–Kier alpha value is -3.35. The number of Topliss-reactive ketones (excluding diaryl/α,β-unsaturated/α-hetero) is 1. The molecule has 1 N–H and O–H groups in total. The second-order valence-corrected chi connectivity index (χ2v) is 6.52. The minimum Gasteiger partial charge on any atom is -0.340 e. The largest absolute Gasteiger partial charge is 0.340 e. The average molecular weight is 364 g/mol. The number of ketones is 1. The number of carbonyl (C=O) groups excluding carboxylic acids is 2. The Bertz CT molecular complexity index is 933. The van der Waals surface area contributed by atoms with Crippen molar-refractivity contribution in [3.8, 4) is 11.4 Å². The first-order chi connectivity index (χ1) is 13.0. The molecule has 0 saturated heterocycles. The Balaban J connectivity index is 1.79. The molecule has 138 valence electrons. The van der Waals surface area contributed by atoms with Gasteiger partial charge in [0.15, 0.2) is 5.78 Å². The number of rotatable bonds is 6. The highest BCUT2D eigenvalue weighted by Crippen LogP contribution is 2.23. The van der Waals surface area contributed by atoms with E-state index in [1.807, 2.05) is 13.8 Å². The van der Waals surface area contributed by atoms with Gasteiger partial charge in [-0.2, -0.15) is 4.98 Å². The molecule has 1 amide bonds. The number of pyridine rings is 1. The second kappa shape index (κ2) is 7.90. The molecule has 1 aromatic carbocycles. The third-order valence-electron chi connectivity index (χ3n) is 4.15. The Kier molecular flexibility index (Phi) is 5.40. The van der Waals surface area contributed by atoms with E-state index >= 15 is 0 Å². The Morgan fingerprint density at radius 3 is 2.22 bits per heavy atom. The van der Waals surface area contributed by atoms with E-state index in [0.29, 0.717) is 22.8 Å². The minimum absolute atomic E-state index is 0.0381. The lowest BCUT2D eigenvalue weighted by molar-refractivity contribution is 0.0912. The smallest absolute Gasteiger partial charge is 0.251 e. The van der Waals surface area contributed by atoms with Crippen molar-refractivity contribution in [3.05, 3.63) is 65.8 Å². The highest BCUT2D eigenvalue weighted by atomic mass is 16.5. The van der Waals surface area contributed by atoms with E-state index in [4.69, 9.17) is 4.52 Å². The van der Waals surface area contributed by atoms with Gasteiger partial charge < -0.3 is 9.84 Å². The van der Waals surface area contributed by atoms with Gasteiger partial charge in [-0.3, -0.25) is 14.6 Å². The summed E-state index contributed by atoms with van der Waals surface area (Å²) in [6, 6.07) is 9.65. The molecule has 3 aromatic rings. The topological polar surface area (TPSA) is 98.0 Å². The lowest BCUT2D eigenvalue weighted by Crippen LogP contribution is -2.32. The number of carbonyl (C=O) groups is 2. The molecule has 0 aliphatic carbocycles. The van der Waals surface area contributed by atoms with E-state index in [1.54, 1.807) is 48.8 Å². The van der Waals surface area contributed by atoms with Crippen LogP contribution in [0.25, 0.3) is 11.4 Å². The van der Waals surface area contributed by atoms with Gasteiger partial charge in [-0.05, 0) is 37.1 Å². The maximum Gasteiger partial charge on any atom is 0.251 e. The van der Waals surface area contributed by atoms with Gasteiger partial charge in [0.1, 0.15) is 6.04 Å². The van der Waals surface area contributed by atoms with Crippen LogP contribution in [0.1, 0.15) is 53.4 Å². The first-order valence-corrected chi connectivity index (χ1v) is 8.61. The molecule has 2 aromatic heterocycles. The Labute approximate surface area is 156 Å². The number of hydrogen-bond donors (Lipinski definition) is 1. The van der Waals surface area contributed by atoms with Crippen LogP contribution in [-0.2, 0) is 0 Å². The van der Waals surface area contributed by atoms with Crippen LogP contribution in [0, 0.1) is 5.92 Å². The molecular formula is C20H20N4O3. The van der Waals surface area contributed by atoms with E-state index in [0.717, 1.165) is 5.56 Å². The molecule has 7 heteroatoms. The van der Waals surface area contributed by atoms with Crippen LogP contribution in [0.4, 0.5) is 0 Å². The summed E-state index contributed by atoms with van der Waals surface area (Å²) in [5, 5.41) is 6.93. The van der Waals surface area contributed by atoms with Gasteiger partial charge in [0.05, 0.1) is 0 Å². The number of nitrogens with one attached hydrogen (secondary N) is 1. The number of nitrogens with zero attached hydrogens (tertiary/aromatic N) is 3. The standard InChI is InChI=1S/C20H20N4O3/c1-12(2)17(20-23-18(24-27-20)15-8-10-21-11-9-15)22-19(26)16-6-4-14(5-7-16)13(3)25/h4-12,17H,1-3H3,(H,22,26). The highest BCUT2D eigenvalue weighted by Gasteiger charge is 2.25. The monoisotopic (exact) mass is 364 g/mol. The van der Waals surface area contributed by atoms with Crippen molar-refractivity contribution in [2.45, 2.75) is 26.8 Å². The first kappa shape index (κ1) is 18.4. The summed E-state index contributed by atoms with van der Waals surface area (Å²) >= 11 is 0. The second-order valence-electron chi connectivity index (χ2n) is 6.52. The zero-order chi connectivity index (χ0) is 19.4. The van der Waals surface area contributed by atoms with E-state index in [-0.39, 0.29) is 17.6 Å². The maximum absolute atomic E-state index is 12.6. The predicted molar refractivity (Wildman–Crippen MR) is 99.0 cm³/mol. The van der Waals surface area contributed by atoms with E-state index < -0.39 is 6.04 Å². The van der Waals surface area contributed by atoms with Crippen molar-refractivity contribution >= 4 is 11.7 Å². The summed E-state index contributed by atoms with van der Waals surface area (Å²) in [4.78, 5) is 32.4. The molecule has 1 unspecified atom stereocenters. The predicted octanol–water partition coefficient (Wildman–Crippen LogP) is 3.46. The van der Waals surface area contributed by atoms with Gasteiger partial charge in [-0.25, -0.2) is 0 Å². The van der Waals surface area contributed by atoms with Crippen molar-refractivity contribution in [2.75, 3.05) is 0 Å². The van der Waals surface area contributed by atoms with Crippen LogP contribution in [0.3, 0.4) is 0 Å². The summed E-state index contributed by atoms with van der Waals surface area (Å²) < 4.78 is 5.39. The van der Waals surface area contributed by atoms with Crippen LogP contribution >= 0.6 is 0 Å². The first-order valence-electron chi connectivity index (χ1n) is 8.61. The van der Waals surface area contributed by atoms with Crippen molar-refractivity contribution in [2.24, 2.45) is 5.92 Å². The normalized spacial score (nSPS) is 12.0. The van der Waals surface area contributed by atoms with Crippen LogP contribution in [0.15, 0.2) is 53.3 Å². The van der Waals surface area contributed by atoms with E-state index in [9.17, 15) is 9.59 Å². The van der Waals surface area contributed by atoms with E-state index in [1.165, 1.54) is 6.92 Å². The molecule has 2 heterocycles. The van der Waals surface area contributed by atoms with Crippen molar-refractivity contribution < 1.29 is 14.1 Å². The molecule has 0 radical (unpaired) electrons. The van der Waals surface area contributed by atoms with Gasteiger partial charge in [0.25, 0.3) is 5.91 Å². The quantitative estimate of drug-likeness (QED) is 0.673. The SMILES string of the molecule is CC(=O)c1ccc(C(=O)NC(c2nc(-c3ccncc3)no2)C(C)C)cc1. The number of benzene rings is 1. The Morgan fingerprint density at radius 1 is 1.00 bits per heavy atom. The lowest BCUT2D eigenvalue weighted by atomic mass is 10.0. The molecule has 0 aliphatic rings. The highest BCUT2D eigenvalue weighted by molar-refractivity contribution is 5.97. The molecule has 0 saturated carbocycles. The van der Waals surface area contributed by atoms with Gasteiger partial charge in [-0.1, -0.05) is 31.1 Å². The van der Waals surface area contributed by atoms with Gasteiger partial charge in [0, 0.05) is 29.1 Å². The molecular weight excluding hydrogens is 344 g/mol. The molecule has 0 spiro atoms. The zero-order valence-electron chi connectivity index (χ0n) is 15.3. The summed E-state index contributed by atoms with van der Waals surface area (Å²) in [5.41, 5.74) is 1.80. The molecule has 7 nitrogen and oxygen atoms in total. The molecule has 0 bridgehead atoms. The van der Waals surface area contributed by atoms with Gasteiger partial charge in [0.2, 0.25) is 11.7 Å². The summed E-state index contributed by atoms with van der Waals surface area (Å²) in [7, 11) is 0. The summed E-state index contributed by atoms with van der Waals surface area (Å²) in [6.45, 7) is 5.40. The molecule has 27 heavy (non-hydrogen) atoms. The fraction of sp³-hybridized carbons (Fsp3) is 0.250. The van der Waals surface area contributed by atoms with Crippen molar-refractivity contribution in [1.29, 1.82) is 0 Å². The number of amides is 1. The summed E-state index contributed by atoms with van der Waals surface area (Å²) in [5.74, 6) is 0.504. The minimum atomic E-state index is -0.437. The molecule has 3 rings (SSSR count). The molecule has 0 fully saturated rings. The van der Waals surface area contributed by atoms with Gasteiger partial charge in [-0.15, -0.1) is 0 Å². The molecule has 0 aliphatic heterocycles. The maximum atomic E-state index is 12.6. The fourth-order valence-electron chi connectivity index (χ4n) is 2.57. The van der Waals surface area contributed by atoms with Crippen molar-refractivity contribution in [3.63, 3.8) is 0 Å². The fourth-order valence-corrected chi connectivity index (χ4v) is 2.57. The van der Waals surface area contributed by atoms with Crippen LogP contribution in [0.5, 0.6) is 0 Å². The summed E-state index contributed by atoms with van der Waals surface area (Å²) in [6.07, 6.45) is 3.30. The molecule has 1 atom stereocenters. The van der Waals surface area contributed by atoms with Crippen LogP contribution < -0.4 is 5.32 Å². The number of aromatic nitrogens is 3. The van der Waals surface area contributed by atoms with Crippen LogP contribution in [0.2, 0.25) is 0 Å². The van der Waals surface area contributed by atoms with Crippen LogP contribution in [-0.4, -0.2) is 26.8 Å². The van der Waals surface area contributed by atoms with Crippen molar-refractivity contribution in [1.82, 2.24) is 20.4 Å². The van der Waals surface area contributed by atoms with Gasteiger partial charge >= 0.3 is 0 Å². The average Bonchev–Trinajstić information content (AvgIpc) is 3.16. The third kappa shape index (κ3) is 4.25. The Morgan fingerprint density at radius 2 is 1.63 bits per heavy atom. The van der Waals surface area contributed by atoms with E-state index in [2.05, 4.69) is 20.4 Å².